The molecule has 5 heteroatoms. The molecule has 13 atom stereocenters. The van der Waals surface area contributed by atoms with E-state index < -0.39 is 11.9 Å². The van der Waals surface area contributed by atoms with Crippen molar-refractivity contribution < 1.29 is 19.7 Å². The van der Waals surface area contributed by atoms with Crippen molar-refractivity contribution in [3.63, 3.8) is 0 Å². The molecule has 5 saturated heterocycles. The molecule has 7 unspecified atom stereocenters. The highest BCUT2D eigenvalue weighted by atomic mass is 16.7. The van der Waals surface area contributed by atoms with Crippen molar-refractivity contribution >= 4 is 0 Å². The van der Waals surface area contributed by atoms with Crippen molar-refractivity contribution in [3.05, 3.63) is 0 Å². The lowest BCUT2D eigenvalue weighted by atomic mass is 9.42. The van der Waals surface area contributed by atoms with E-state index in [0.717, 1.165) is 25.7 Å². The molecule has 35 heavy (non-hydrogen) atoms. The van der Waals surface area contributed by atoms with E-state index in [9.17, 15) is 10.2 Å². The highest BCUT2D eigenvalue weighted by Crippen LogP contribution is 2.80. The van der Waals surface area contributed by atoms with Gasteiger partial charge < -0.3 is 19.7 Å². The van der Waals surface area contributed by atoms with Crippen LogP contribution >= 0.6 is 0 Å². The lowest BCUT2D eigenvalue weighted by molar-refractivity contribution is -0.304. The molecule has 7 fully saturated rings. The van der Waals surface area contributed by atoms with Gasteiger partial charge in [0.2, 0.25) is 0 Å². The molecule has 7 bridgehead atoms. The fourth-order valence-corrected chi connectivity index (χ4v) is 11.9. The third kappa shape index (κ3) is 2.64. The third-order valence-electron chi connectivity index (χ3n) is 13.7. The number of aliphatic hydroxyl groups excluding tert-OH is 2. The van der Waals surface area contributed by atoms with Gasteiger partial charge in [0.15, 0.2) is 5.79 Å². The van der Waals surface area contributed by atoms with Crippen LogP contribution in [0.2, 0.25) is 0 Å². The van der Waals surface area contributed by atoms with Crippen LogP contribution < -0.4 is 0 Å². The van der Waals surface area contributed by atoms with E-state index in [-0.39, 0.29) is 34.1 Å². The standard InChI is InChI=1S/C30H49NO4/c1-18(2)19-8-13-27(4)20-9-15-29-12-6-7-21(29)30(27,24(19)31(29)25(20)33)16-10-22(32)26(3)17-34-28(5)14-11-23(26)35-28/h18-25,32-33H,6-17H2,1-5H3/t19-,20?,21-,22?,23?,24-,25?,26?,27-,28?,29+,30-/m0/s1. The van der Waals surface area contributed by atoms with Crippen molar-refractivity contribution in [1.82, 2.24) is 4.90 Å². The van der Waals surface area contributed by atoms with Crippen molar-refractivity contribution in [2.75, 3.05) is 6.61 Å². The lowest BCUT2D eigenvalue weighted by Gasteiger charge is -2.68. The molecule has 198 valence electrons. The number of rotatable bonds is 5. The first kappa shape index (κ1) is 23.9. The highest BCUT2D eigenvalue weighted by molar-refractivity contribution is 5.32. The zero-order chi connectivity index (χ0) is 24.6. The Labute approximate surface area is 212 Å². The molecule has 5 heterocycles. The van der Waals surface area contributed by atoms with Crippen LogP contribution in [0, 0.1) is 39.9 Å². The number of ether oxygens (including phenoxy) is 2. The fraction of sp³-hybridized carbons (Fsp3) is 1.00. The molecule has 0 aromatic rings. The Kier molecular flexibility index (Phi) is 4.95. The molecule has 1 spiro atoms. The summed E-state index contributed by atoms with van der Waals surface area (Å²) in [5.74, 6) is 1.88. The summed E-state index contributed by atoms with van der Waals surface area (Å²) in [7, 11) is 0. The van der Waals surface area contributed by atoms with Crippen molar-refractivity contribution in [2.24, 2.45) is 39.9 Å². The predicted molar refractivity (Wildman–Crippen MR) is 134 cm³/mol. The molecule has 5 nitrogen and oxygen atoms in total. The average Bonchev–Trinajstić information content (AvgIpc) is 3.42. The first-order chi connectivity index (χ1) is 16.5. The molecule has 0 amide bonds. The number of nitrogens with zero attached hydrogens (tertiary/aromatic N) is 1. The van der Waals surface area contributed by atoms with Gasteiger partial charge in [-0.15, -0.1) is 0 Å². The summed E-state index contributed by atoms with van der Waals surface area (Å²) in [5, 5.41) is 23.7. The Morgan fingerprint density at radius 1 is 1.00 bits per heavy atom. The van der Waals surface area contributed by atoms with Gasteiger partial charge in [-0.05, 0) is 93.3 Å². The summed E-state index contributed by atoms with van der Waals surface area (Å²) in [6.45, 7) is 12.3. The summed E-state index contributed by atoms with van der Waals surface area (Å²) in [5.41, 5.74) is 0.237. The number of piperidine rings is 2. The van der Waals surface area contributed by atoms with E-state index in [1.54, 1.807) is 0 Å². The second-order valence-electron chi connectivity index (χ2n) is 15.0. The summed E-state index contributed by atoms with van der Waals surface area (Å²) >= 11 is 0. The minimum atomic E-state index is -0.446. The van der Waals surface area contributed by atoms with E-state index in [2.05, 4.69) is 39.5 Å². The summed E-state index contributed by atoms with van der Waals surface area (Å²) < 4.78 is 12.5. The summed E-state index contributed by atoms with van der Waals surface area (Å²) in [4.78, 5) is 2.73. The Bertz CT molecular complexity index is 896. The minimum Gasteiger partial charge on any atom is -0.392 e. The smallest absolute Gasteiger partial charge is 0.166 e. The molecule has 0 radical (unpaired) electrons. The van der Waals surface area contributed by atoms with Crippen LogP contribution in [0.1, 0.15) is 105 Å². The van der Waals surface area contributed by atoms with E-state index in [0.29, 0.717) is 36.3 Å². The van der Waals surface area contributed by atoms with E-state index in [4.69, 9.17) is 9.47 Å². The van der Waals surface area contributed by atoms with Crippen molar-refractivity contribution in [2.45, 2.75) is 141 Å². The summed E-state index contributed by atoms with van der Waals surface area (Å²) in [6.07, 6.45) is 12.1. The zero-order valence-electron chi connectivity index (χ0n) is 22.8. The Balaban J connectivity index is 1.27. The Hall–Kier alpha value is -0.200. The second-order valence-corrected chi connectivity index (χ2v) is 15.0. The predicted octanol–water partition coefficient (Wildman–Crippen LogP) is 5.08. The van der Waals surface area contributed by atoms with Gasteiger partial charge in [-0.3, -0.25) is 4.90 Å². The minimum absolute atomic E-state index is 0.0921. The maximum absolute atomic E-state index is 11.9. The number of aliphatic hydroxyl groups is 2. The number of hydrogen-bond donors (Lipinski definition) is 2. The first-order valence-electron chi connectivity index (χ1n) is 15.0. The molecule has 0 aromatic carbocycles. The Morgan fingerprint density at radius 2 is 1.80 bits per heavy atom. The van der Waals surface area contributed by atoms with E-state index >= 15 is 0 Å². The van der Waals surface area contributed by atoms with Crippen LogP contribution in [0.5, 0.6) is 0 Å². The normalized spacial score (nSPS) is 60.9. The summed E-state index contributed by atoms with van der Waals surface area (Å²) in [6, 6.07) is 0.465. The lowest BCUT2D eigenvalue weighted by Crippen LogP contribution is -2.72. The molecule has 7 rings (SSSR count). The van der Waals surface area contributed by atoms with Crippen LogP contribution in [0.4, 0.5) is 0 Å². The molecule has 7 aliphatic rings. The third-order valence-corrected chi connectivity index (χ3v) is 13.7. The fourth-order valence-electron chi connectivity index (χ4n) is 11.9. The molecule has 0 aromatic heterocycles. The van der Waals surface area contributed by atoms with Gasteiger partial charge in [0.25, 0.3) is 0 Å². The van der Waals surface area contributed by atoms with Crippen LogP contribution in [-0.4, -0.2) is 57.5 Å². The first-order valence-corrected chi connectivity index (χ1v) is 15.0. The molecule has 2 N–H and O–H groups in total. The van der Waals surface area contributed by atoms with Gasteiger partial charge in [0, 0.05) is 29.3 Å². The van der Waals surface area contributed by atoms with Crippen molar-refractivity contribution in [1.29, 1.82) is 0 Å². The number of fused-ring (bicyclic) bond motifs is 4. The average molecular weight is 488 g/mol. The van der Waals surface area contributed by atoms with Crippen molar-refractivity contribution in [3.8, 4) is 0 Å². The van der Waals surface area contributed by atoms with Gasteiger partial charge >= 0.3 is 0 Å². The molecule has 2 aliphatic carbocycles. The molecular weight excluding hydrogens is 438 g/mol. The molecular formula is C30H49NO4. The zero-order valence-corrected chi connectivity index (χ0v) is 22.8. The van der Waals surface area contributed by atoms with Crippen LogP contribution in [0.3, 0.4) is 0 Å². The monoisotopic (exact) mass is 487 g/mol. The number of hydrogen-bond acceptors (Lipinski definition) is 5. The maximum atomic E-state index is 11.9. The molecule has 2 saturated carbocycles. The highest BCUT2D eigenvalue weighted by Gasteiger charge is 2.81. The van der Waals surface area contributed by atoms with Gasteiger partial charge in [0.1, 0.15) is 6.23 Å². The maximum Gasteiger partial charge on any atom is 0.166 e. The molecule has 5 aliphatic heterocycles. The van der Waals surface area contributed by atoms with E-state index in [1.165, 1.54) is 44.9 Å². The van der Waals surface area contributed by atoms with E-state index in [1.807, 2.05) is 0 Å². The van der Waals surface area contributed by atoms with Gasteiger partial charge in [-0.25, -0.2) is 0 Å². The Morgan fingerprint density at radius 3 is 2.57 bits per heavy atom. The van der Waals surface area contributed by atoms with Gasteiger partial charge in [0.05, 0.1) is 18.8 Å². The quantitative estimate of drug-likeness (QED) is 0.566. The van der Waals surface area contributed by atoms with Crippen LogP contribution in [-0.2, 0) is 9.47 Å². The SMILES string of the molecule is CC(C)[C@@H]1CC[C@@]2(C)C3CC[C@]45CCC[C@@H]4[C@@]2(CCC(O)C2(C)COC4(C)CCC2O4)[C@H]1N5C3O. The van der Waals surface area contributed by atoms with Crippen LogP contribution in [0.15, 0.2) is 0 Å². The topological polar surface area (TPSA) is 62.2 Å². The largest absolute Gasteiger partial charge is 0.392 e. The van der Waals surface area contributed by atoms with Gasteiger partial charge in [-0.2, -0.15) is 0 Å². The van der Waals surface area contributed by atoms with Crippen LogP contribution in [0.25, 0.3) is 0 Å². The van der Waals surface area contributed by atoms with Gasteiger partial charge in [-0.1, -0.05) is 34.1 Å². The second kappa shape index (κ2) is 7.25.